The summed E-state index contributed by atoms with van der Waals surface area (Å²) in [6.07, 6.45) is 1.85. The van der Waals surface area contributed by atoms with Gasteiger partial charge in [-0.3, -0.25) is 0 Å². The number of rotatable bonds is 2. The van der Waals surface area contributed by atoms with E-state index >= 15 is 0 Å². The predicted molar refractivity (Wildman–Crippen MR) is 106 cm³/mol. The first-order chi connectivity index (χ1) is 12.8. The average molecular weight is 527 g/mol. The molecule has 2 nitrogen and oxygen atoms in total. The smallest absolute Gasteiger partial charge is 0.123 e. The third-order valence-electron chi connectivity index (χ3n) is 4.78. The number of hydrogen-bond donors (Lipinski definition) is 0. The van der Waals surface area contributed by atoms with Crippen LogP contribution in [-0.2, 0) is 20.1 Å². The van der Waals surface area contributed by atoms with Crippen molar-refractivity contribution >= 4 is 21.9 Å². The van der Waals surface area contributed by atoms with Gasteiger partial charge in [0.05, 0.1) is 5.58 Å². The molecule has 0 unspecified atom stereocenters. The minimum atomic E-state index is 0. The van der Waals surface area contributed by atoms with Crippen molar-refractivity contribution in [3.05, 3.63) is 90.6 Å². The summed E-state index contributed by atoms with van der Waals surface area (Å²) in [5.74, 6) is 0. The summed E-state index contributed by atoms with van der Waals surface area (Å²) in [6, 6.07) is 28.0. The fourth-order valence-electron chi connectivity index (χ4n) is 3.47. The monoisotopic (exact) mass is 527 g/mol. The minimum Gasteiger partial charge on any atom is -0.500 e. The maximum atomic E-state index is 6.24. The molecule has 2 aromatic heterocycles. The molecule has 27 heavy (non-hydrogen) atoms. The van der Waals surface area contributed by atoms with Gasteiger partial charge in [-0.25, -0.2) is 0 Å². The van der Waals surface area contributed by atoms with Gasteiger partial charge in [0.1, 0.15) is 5.58 Å². The second kappa shape index (κ2) is 7.11. The number of aromatic nitrogens is 1. The SMILES string of the molecule is Cc1cccc2c1oc1c(-c3cc(-c4ccccc4)ccn3)[c-]ccc12.[Ir]. The maximum Gasteiger partial charge on any atom is 0.123 e. The van der Waals surface area contributed by atoms with Gasteiger partial charge in [-0.1, -0.05) is 65.5 Å². The Hall–Kier alpha value is -2.74. The number of fused-ring (bicyclic) bond motifs is 3. The topological polar surface area (TPSA) is 26.0 Å². The van der Waals surface area contributed by atoms with Crippen LogP contribution in [0, 0.1) is 13.0 Å². The Morgan fingerprint density at radius 2 is 1.63 bits per heavy atom. The molecule has 0 atom stereocenters. The first kappa shape index (κ1) is 17.7. The number of benzene rings is 3. The second-order valence-corrected chi connectivity index (χ2v) is 6.44. The van der Waals surface area contributed by atoms with Crippen LogP contribution >= 0.6 is 0 Å². The zero-order valence-corrected chi connectivity index (χ0v) is 17.1. The largest absolute Gasteiger partial charge is 0.500 e. The molecule has 0 aliphatic carbocycles. The predicted octanol–water partition coefficient (Wildman–Crippen LogP) is 6.42. The van der Waals surface area contributed by atoms with Crippen molar-refractivity contribution in [1.82, 2.24) is 4.98 Å². The van der Waals surface area contributed by atoms with E-state index in [0.29, 0.717) is 0 Å². The zero-order chi connectivity index (χ0) is 17.5. The quantitative estimate of drug-likeness (QED) is 0.248. The van der Waals surface area contributed by atoms with Crippen LogP contribution in [-0.4, -0.2) is 4.98 Å². The molecule has 3 heteroatoms. The van der Waals surface area contributed by atoms with E-state index in [4.69, 9.17) is 4.42 Å². The van der Waals surface area contributed by atoms with Crippen LogP contribution in [0.5, 0.6) is 0 Å². The first-order valence-electron chi connectivity index (χ1n) is 8.65. The van der Waals surface area contributed by atoms with Gasteiger partial charge in [-0.05, 0) is 35.4 Å². The number of para-hydroxylation sites is 1. The van der Waals surface area contributed by atoms with Gasteiger partial charge in [0.25, 0.3) is 0 Å². The number of nitrogens with zero attached hydrogens (tertiary/aromatic N) is 1. The molecule has 1 radical (unpaired) electrons. The van der Waals surface area contributed by atoms with E-state index in [-0.39, 0.29) is 20.1 Å². The Labute approximate surface area is 171 Å². The van der Waals surface area contributed by atoms with Crippen LogP contribution in [0.1, 0.15) is 5.56 Å². The molecule has 3 aromatic carbocycles. The van der Waals surface area contributed by atoms with Crippen molar-refractivity contribution in [2.75, 3.05) is 0 Å². The molecule has 133 valence electrons. The molecule has 5 aromatic rings. The third-order valence-corrected chi connectivity index (χ3v) is 4.78. The Morgan fingerprint density at radius 1 is 0.815 bits per heavy atom. The molecule has 0 amide bonds. The molecule has 0 saturated carbocycles. The van der Waals surface area contributed by atoms with E-state index in [1.54, 1.807) is 0 Å². The van der Waals surface area contributed by atoms with Crippen LogP contribution in [0.15, 0.2) is 83.4 Å². The number of hydrogen-bond acceptors (Lipinski definition) is 2. The van der Waals surface area contributed by atoms with Crippen molar-refractivity contribution in [3.63, 3.8) is 0 Å². The van der Waals surface area contributed by atoms with E-state index in [1.165, 1.54) is 5.56 Å². The Morgan fingerprint density at radius 3 is 2.48 bits per heavy atom. The summed E-state index contributed by atoms with van der Waals surface area (Å²) in [6.45, 7) is 2.07. The van der Waals surface area contributed by atoms with Crippen LogP contribution < -0.4 is 0 Å². The number of aryl methyl sites for hydroxylation is 1. The van der Waals surface area contributed by atoms with Crippen LogP contribution in [0.2, 0.25) is 0 Å². The third kappa shape index (κ3) is 2.99. The Kier molecular flexibility index (Phi) is 4.65. The van der Waals surface area contributed by atoms with E-state index in [2.05, 4.69) is 60.4 Å². The Bertz CT molecular complexity index is 1240. The molecular weight excluding hydrogens is 510 g/mol. The van der Waals surface area contributed by atoms with Gasteiger partial charge in [-0.2, -0.15) is 0 Å². The standard InChI is InChI=1S/C24H16NO.Ir/c1-16-7-5-10-19-20-11-6-12-21(24(20)26-23(16)19)22-15-18(13-14-25-22)17-8-3-2-4-9-17;/h2-11,13-15H,1H3;/q-1;. The summed E-state index contributed by atoms with van der Waals surface area (Å²) in [5.41, 5.74) is 6.98. The second-order valence-electron chi connectivity index (χ2n) is 6.44. The molecule has 0 aliphatic heterocycles. The summed E-state index contributed by atoms with van der Waals surface area (Å²) < 4.78 is 6.24. The van der Waals surface area contributed by atoms with Crippen LogP contribution in [0.3, 0.4) is 0 Å². The van der Waals surface area contributed by atoms with Crippen molar-refractivity contribution in [3.8, 4) is 22.4 Å². The Balaban J connectivity index is 0.00000180. The molecule has 0 fully saturated rings. The van der Waals surface area contributed by atoms with Gasteiger partial charge >= 0.3 is 0 Å². The van der Waals surface area contributed by atoms with Crippen molar-refractivity contribution < 1.29 is 24.5 Å². The van der Waals surface area contributed by atoms with Crippen LogP contribution in [0.4, 0.5) is 0 Å². The van der Waals surface area contributed by atoms with Gasteiger partial charge in [0, 0.05) is 31.7 Å². The van der Waals surface area contributed by atoms with Gasteiger partial charge in [-0.15, -0.1) is 18.2 Å². The van der Waals surface area contributed by atoms with Gasteiger partial charge in [0.15, 0.2) is 0 Å². The van der Waals surface area contributed by atoms with E-state index < -0.39 is 0 Å². The van der Waals surface area contributed by atoms with E-state index in [0.717, 1.165) is 44.3 Å². The number of pyridine rings is 1. The maximum absolute atomic E-state index is 6.24. The fourth-order valence-corrected chi connectivity index (χ4v) is 3.47. The van der Waals surface area contributed by atoms with Gasteiger partial charge in [0.2, 0.25) is 0 Å². The molecular formula is C24H16IrNO-. The summed E-state index contributed by atoms with van der Waals surface area (Å²) in [5, 5.41) is 2.24. The molecule has 5 rings (SSSR count). The van der Waals surface area contributed by atoms with Crippen molar-refractivity contribution in [1.29, 1.82) is 0 Å². The summed E-state index contributed by atoms with van der Waals surface area (Å²) >= 11 is 0. The molecule has 0 N–H and O–H groups in total. The van der Waals surface area contributed by atoms with Crippen molar-refractivity contribution in [2.24, 2.45) is 0 Å². The molecule has 0 spiro atoms. The minimum absolute atomic E-state index is 0. The van der Waals surface area contributed by atoms with E-state index in [9.17, 15) is 0 Å². The first-order valence-corrected chi connectivity index (χ1v) is 8.65. The molecule has 0 bridgehead atoms. The number of furan rings is 1. The van der Waals surface area contributed by atoms with E-state index in [1.807, 2.05) is 36.5 Å². The van der Waals surface area contributed by atoms with Crippen molar-refractivity contribution in [2.45, 2.75) is 6.92 Å². The molecule has 0 saturated heterocycles. The summed E-state index contributed by atoms with van der Waals surface area (Å²) in [7, 11) is 0. The molecule has 2 heterocycles. The van der Waals surface area contributed by atoms with Crippen LogP contribution in [0.25, 0.3) is 44.3 Å². The summed E-state index contributed by atoms with van der Waals surface area (Å²) in [4.78, 5) is 4.59. The average Bonchev–Trinajstić information content (AvgIpc) is 3.09. The van der Waals surface area contributed by atoms with Gasteiger partial charge < -0.3 is 9.40 Å². The fraction of sp³-hybridized carbons (Fsp3) is 0.0417. The normalized spacial score (nSPS) is 10.9. The molecule has 0 aliphatic rings. The zero-order valence-electron chi connectivity index (χ0n) is 14.7.